The molecule has 3 rings (SSSR count). The van der Waals surface area contributed by atoms with Gasteiger partial charge in [0.1, 0.15) is 5.75 Å². The van der Waals surface area contributed by atoms with Crippen molar-refractivity contribution in [3.8, 4) is 5.75 Å². The molecule has 0 aliphatic carbocycles. The first kappa shape index (κ1) is 19.0. The number of hydrogen-bond donors (Lipinski definition) is 2. The molecular weight excluding hydrogens is 354 g/mol. The van der Waals surface area contributed by atoms with Crippen LogP contribution in [0.25, 0.3) is 0 Å². The van der Waals surface area contributed by atoms with E-state index in [4.69, 9.17) is 4.74 Å². The minimum absolute atomic E-state index is 0.0686. The molecule has 144 valence electrons. The number of nitrogens with zero attached hydrogens (tertiary/aromatic N) is 1. The summed E-state index contributed by atoms with van der Waals surface area (Å²) >= 11 is 0. The number of hydrogen-bond acceptors (Lipinski definition) is 6. The second-order valence-corrected chi connectivity index (χ2v) is 9.42. The summed E-state index contributed by atoms with van der Waals surface area (Å²) in [5.41, 5.74) is 0.992. The second kappa shape index (κ2) is 7.44. The monoisotopic (exact) mass is 381 g/mol. The number of carbonyl (C=O) groups excluding carboxylic acids is 1. The second-order valence-electron chi connectivity index (χ2n) is 7.09. The van der Waals surface area contributed by atoms with Crippen LogP contribution < -0.4 is 20.3 Å². The van der Waals surface area contributed by atoms with Crippen LogP contribution in [0.4, 0.5) is 5.69 Å². The number of sulfone groups is 1. The minimum Gasteiger partial charge on any atom is -0.495 e. The van der Waals surface area contributed by atoms with Crippen LogP contribution in [0.3, 0.4) is 0 Å². The number of rotatable bonds is 5. The summed E-state index contributed by atoms with van der Waals surface area (Å²) in [6.07, 6.45) is 2.59. The summed E-state index contributed by atoms with van der Waals surface area (Å²) in [7, 11) is -1.85. The Hall–Kier alpha value is -1.80. The third-order valence-electron chi connectivity index (χ3n) is 5.48. The van der Waals surface area contributed by atoms with Crippen molar-refractivity contribution in [1.29, 1.82) is 0 Å². The zero-order chi connectivity index (χ0) is 18.8. The minimum atomic E-state index is -3.49. The van der Waals surface area contributed by atoms with Crippen molar-refractivity contribution in [3.63, 3.8) is 0 Å². The van der Waals surface area contributed by atoms with Crippen LogP contribution in [0, 0.1) is 0 Å². The Bertz CT molecular complexity index is 759. The van der Waals surface area contributed by atoms with Gasteiger partial charge in [0, 0.05) is 25.4 Å². The zero-order valence-corrected chi connectivity index (χ0v) is 16.1. The highest BCUT2D eigenvalue weighted by molar-refractivity contribution is 7.92. The molecule has 1 aromatic rings. The van der Waals surface area contributed by atoms with Gasteiger partial charge in [-0.25, -0.2) is 8.42 Å². The highest BCUT2D eigenvalue weighted by Crippen LogP contribution is 2.32. The number of para-hydroxylation sites is 2. The zero-order valence-electron chi connectivity index (χ0n) is 15.3. The normalized spacial score (nSPS) is 22.8. The number of anilines is 1. The molecule has 2 aliphatic heterocycles. The first-order valence-electron chi connectivity index (χ1n) is 8.97. The number of nitrogens with one attached hydrogen (secondary N) is 2. The number of amides is 1. The van der Waals surface area contributed by atoms with Gasteiger partial charge in [-0.2, -0.15) is 0 Å². The first-order valence-corrected chi connectivity index (χ1v) is 10.9. The smallest absolute Gasteiger partial charge is 0.241 e. The third kappa shape index (κ3) is 3.53. The lowest BCUT2D eigenvalue weighted by molar-refractivity contribution is -0.124. The molecule has 0 aromatic heterocycles. The molecule has 2 N–H and O–H groups in total. The molecule has 26 heavy (non-hydrogen) atoms. The molecule has 7 nitrogen and oxygen atoms in total. The number of methoxy groups -OCH3 is 1. The van der Waals surface area contributed by atoms with Crippen molar-refractivity contribution in [3.05, 3.63) is 24.3 Å². The SMILES string of the molecule is COc1ccccc1N1CCC(NC(=O)C2(S(C)(=O)=O)CCNCC2)C1. The Kier molecular flexibility index (Phi) is 5.43. The predicted octanol–water partition coefficient (Wildman–Crippen LogP) is 0.557. The van der Waals surface area contributed by atoms with Gasteiger partial charge in [-0.3, -0.25) is 4.79 Å². The van der Waals surface area contributed by atoms with Gasteiger partial charge >= 0.3 is 0 Å². The molecule has 1 atom stereocenters. The van der Waals surface area contributed by atoms with Crippen molar-refractivity contribution >= 4 is 21.4 Å². The van der Waals surface area contributed by atoms with Crippen LogP contribution in [-0.2, 0) is 14.6 Å². The van der Waals surface area contributed by atoms with Gasteiger partial charge in [0.15, 0.2) is 14.6 Å². The van der Waals surface area contributed by atoms with E-state index in [0.29, 0.717) is 32.5 Å². The number of ether oxygens (including phenoxy) is 1. The molecular formula is C18H27N3O4S. The van der Waals surface area contributed by atoms with Crippen LogP contribution in [0.5, 0.6) is 5.75 Å². The molecule has 2 fully saturated rings. The average Bonchev–Trinajstić information content (AvgIpc) is 3.09. The van der Waals surface area contributed by atoms with Crippen LogP contribution >= 0.6 is 0 Å². The van der Waals surface area contributed by atoms with E-state index in [-0.39, 0.29) is 11.9 Å². The molecule has 1 amide bonds. The third-order valence-corrected chi connectivity index (χ3v) is 7.50. The van der Waals surface area contributed by atoms with Crippen molar-refractivity contribution in [2.24, 2.45) is 0 Å². The van der Waals surface area contributed by atoms with Crippen molar-refractivity contribution in [2.45, 2.75) is 30.1 Å². The fraction of sp³-hybridized carbons (Fsp3) is 0.611. The van der Waals surface area contributed by atoms with Gasteiger partial charge in [-0.1, -0.05) is 12.1 Å². The largest absolute Gasteiger partial charge is 0.495 e. The quantitative estimate of drug-likeness (QED) is 0.775. The lowest BCUT2D eigenvalue weighted by Crippen LogP contribution is -2.59. The molecule has 8 heteroatoms. The first-order chi connectivity index (χ1) is 12.4. The Morgan fingerprint density at radius 3 is 2.65 bits per heavy atom. The molecule has 1 aromatic carbocycles. The molecule has 0 radical (unpaired) electrons. The van der Waals surface area contributed by atoms with E-state index in [0.717, 1.165) is 24.4 Å². The van der Waals surface area contributed by atoms with Gasteiger partial charge in [-0.05, 0) is 44.5 Å². The molecule has 0 saturated carbocycles. The molecule has 2 saturated heterocycles. The average molecular weight is 381 g/mol. The summed E-state index contributed by atoms with van der Waals surface area (Å²) < 4.78 is 28.9. The fourth-order valence-electron chi connectivity index (χ4n) is 3.90. The van der Waals surface area contributed by atoms with Crippen molar-refractivity contribution in [1.82, 2.24) is 10.6 Å². The van der Waals surface area contributed by atoms with E-state index in [1.54, 1.807) is 7.11 Å². The lowest BCUT2D eigenvalue weighted by Gasteiger charge is -2.35. The highest BCUT2D eigenvalue weighted by Gasteiger charge is 2.49. The summed E-state index contributed by atoms with van der Waals surface area (Å²) in [6.45, 7) is 2.51. The maximum Gasteiger partial charge on any atom is 0.241 e. The van der Waals surface area contributed by atoms with E-state index >= 15 is 0 Å². The predicted molar refractivity (Wildman–Crippen MR) is 101 cm³/mol. The maximum absolute atomic E-state index is 12.9. The van der Waals surface area contributed by atoms with Gasteiger partial charge in [-0.15, -0.1) is 0 Å². The van der Waals surface area contributed by atoms with E-state index in [2.05, 4.69) is 15.5 Å². The van der Waals surface area contributed by atoms with Crippen LogP contribution in [-0.4, -0.2) is 64.7 Å². The van der Waals surface area contributed by atoms with Gasteiger partial charge in [0.2, 0.25) is 5.91 Å². The number of benzene rings is 1. The maximum atomic E-state index is 12.9. The van der Waals surface area contributed by atoms with Crippen LogP contribution in [0.1, 0.15) is 19.3 Å². The Labute approximate surface area is 155 Å². The van der Waals surface area contributed by atoms with Crippen LogP contribution in [0.15, 0.2) is 24.3 Å². The summed E-state index contributed by atoms with van der Waals surface area (Å²) in [5.74, 6) is 0.443. The van der Waals surface area contributed by atoms with E-state index < -0.39 is 14.6 Å². The molecule has 2 aliphatic rings. The Morgan fingerprint density at radius 1 is 1.31 bits per heavy atom. The highest BCUT2D eigenvalue weighted by atomic mass is 32.2. The molecule has 0 spiro atoms. The molecule has 2 heterocycles. The summed E-state index contributed by atoms with van der Waals surface area (Å²) in [6, 6.07) is 7.71. The Balaban J connectivity index is 1.71. The van der Waals surface area contributed by atoms with Gasteiger partial charge in [0.05, 0.1) is 12.8 Å². The van der Waals surface area contributed by atoms with E-state index in [9.17, 15) is 13.2 Å². The summed E-state index contributed by atoms with van der Waals surface area (Å²) in [5, 5.41) is 6.14. The summed E-state index contributed by atoms with van der Waals surface area (Å²) in [4.78, 5) is 15.1. The molecule has 1 unspecified atom stereocenters. The number of carbonyl (C=O) groups is 1. The molecule has 0 bridgehead atoms. The van der Waals surface area contributed by atoms with E-state index in [1.165, 1.54) is 6.26 Å². The lowest BCUT2D eigenvalue weighted by atomic mass is 9.95. The van der Waals surface area contributed by atoms with Crippen molar-refractivity contribution in [2.75, 3.05) is 44.4 Å². The van der Waals surface area contributed by atoms with Gasteiger partial charge < -0.3 is 20.3 Å². The Morgan fingerprint density at radius 2 is 2.00 bits per heavy atom. The van der Waals surface area contributed by atoms with Gasteiger partial charge in [0.25, 0.3) is 0 Å². The standard InChI is InChI=1S/C18H27N3O4S/c1-25-16-6-4-3-5-15(16)21-12-7-14(13-21)20-17(22)18(26(2,23)24)8-10-19-11-9-18/h3-6,14,19H,7-13H2,1-2H3,(H,20,22). The van der Waals surface area contributed by atoms with Crippen molar-refractivity contribution < 1.29 is 17.9 Å². The van der Waals surface area contributed by atoms with Crippen LogP contribution in [0.2, 0.25) is 0 Å². The van der Waals surface area contributed by atoms with E-state index in [1.807, 2.05) is 24.3 Å². The fourth-order valence-corrected chi connectivity index (χ4v) is 5.24. The number of piperidine rings is 1. The topological polar surface area (TPSA) is 87.7 Å².